The van der Waals surface area contributed by atoms with Crippen LogP contribution in [0.3, 0.4) is 0 Å². The summed E-state index contributed by atoms with van der Waals surface area (Å²) in [5.41, 5.74) is 8.06. The summed E-state index contributed by atoms with van der Waals surface area (Å²) >= 11 is 0. The molecule has 2 aliphatic rings. The van der Waals surface area contributed by atoms with Gasteiger partial charge < -0.3 is 5.11 Å². The molecule has 0 aliphatic heterocycles. The lowest BCUT2D eigenvalue weighted by Gasteiger charge is -2.34. The Morgan fingerprint density at radius 3 is 2.50 bits per heavy atom. The third-order valence-corrected chi connectivity index (χ3v) is 5.22. The van der Waals surface area contributed by atoms with Crippen molar-refractivity contribution in [2.45, 2.75) is 66.7 Å². The fourth-order valence-electron chi connectivity index (χ4n) is 3.88. The summed E-state index contributed by atoms with van der Waals surface area (Å²) in [7, 11) is 0. The van der Waals surface area contributed by atoms with E-state index in [1.807, 2.05) is 13.0 Å². The summed E-state index contributed by atoms with van der Waals surface area (Å²) in [6.45, 7) is 11.0. The lowest BCUT2D eigenvalue weighted by molar-refractivity contribution is -0.131. The Bertz CT molecular complexity index is 679. The number of carboxylic acid groups (broad SMARTS) is 1. The molecule has 24 heavy (non-hydrogen) atoms. The first kappa shape index (κ1) is 18.5. The van der Waals surface area contributed by atoms with Gasteiger partial charge in [0.15, 0.2) is 0 Å². The largest absolute Gasteiger partial charge is 0.478 e. The Morgan fingerprint density at radius 2 is 1.92 bits per heavy atom. The second-order valence-corrected chi connectivity index (χ2v) is 7.87. The van der Waals surface area contributed by atoms with E-state index < -0.39 is 5.97 Å². The minimum absolute atomic E-state index is 0.270. The van der Waals surface area contributed by atoms with E-state index in [0.29, 0.717) is 0 Å². The summed E-state index contributed by atoms with van der Waals surface area (Å²) in [6, 6.07) is 0. The Morgan fingerprint density at radius 1 is 1.21 bits per heavy atom. The van der Waals surface area contributed by atoms with Crippen LogP contribution in [0.2, 0.25) is 0 Å². The van der Waals surface area contributed by atoms with E-state index in [2.05, 4.69) is 39.8 Å². The van der Waals surface area contributed by atoms with Gasteiger partial charge in [-0.3, -0.25) is 0 Å². The van der Waals surface area contributed by atoms with Crippen molar-refractivity contribution in [1.29, 1.82) is 0 Å². The molecule has 2 heteroatoms. The minimum Gasteiger partial charge on any atom is -0.478 e. The highest BCUT2D eigenvalue weighted by Gasteiger charge is 2.27. The molecule has 0 aromatic rings. The molecule has 0 atom stereocenters. The molecular weight excluding hydrogens is 296 g/mol. The van der Waals surface area contributed by atoms with Gasteiger partial charge in [0, 0.05) is 6.08 Å². The molecule has 2 nitrogen and oxygen atoms in total. The normalized spacial score (nSPS) is 25.2. The Kier molecular flexibility index (Phi) is 5.69. The van der Waals surface area contributed by atoms with Crippen molar-refractivity contribution in [3.05, 3.63) is 57.7 Å². The van der Waals surface area contributed by atoms with Crippen LogP contribution >= 0.6 is 0 Å². The molecule has 0 amide bonds. The molecule has 0 saturated heterocycles. The predicted molar refractivity (Wildman–Crippen MR) is 101 cm³/mol. The zero-order valence-electron chi connectivity index (χ0n) is 15.7. The van der Waals surface area contributed by atoms with Crippen LogP contribution in [0.5, 0.6) is 0 Å². The molecule has 0 unspecified atom stereocenters. The van der Waals surface area contributed by atoms with Crippen LogP contribution < -0.4 is 0 Å². The molecule has 0 bridgehead atoms. The van der Waals surface area contributed by atoms with Gasteiger partial charge in [-0.05, 0) is 86.2 Å². The number of rotatable bonds is 3. The predicted octanol–water partition coefficient (Wildman–Crippen LogP) is 6.14. The number of allylic oxidation sites excluding steroid dienone is 9. The first-order valence-electron chi connectivity index (χ1n) is 8.90. The first-order chi connectivity index (χ1) is 11.2. The van der Waals surface area contributed by atoms with Gasteiger partial charge in [-0.25, -0.2) is 4.79 Å². The second-order valence-electron chi connectivity index (χ2n) is 7.87. The topological polar surface area (TPSA) is 37.3 Å². The highest BCUT2D eigenvalue weighted by molar-refractivity contribution is 5.81. The van der Waals surface area contributed by atoms with Gasteiger partial charge >= 0.3 is 5.97 Å². The van der Waals surface area contributed by atoms with Gasteiger partial charge in [-0.15, -0.1) is 0 Å². The molecule has 0 aromatic heterocycles. The lowest BCUT2D eigenvalue weighted by atomic mass is 9.71. The van der Waals surface area contributed by atoms with Gasteiger partial charge in [0.2, 0.25) is 0 Å². The molecule has 1 N–H and O–H groups in total. The standard InChI is InChI=1S/C22H30O2/c1-15(12-21(23)24)11-18-8-9-19(17(3)13-18)14-20-16(2)7-6-10-22(20,4)5/h11-14H,6-10H2,1-5H3,(H,23,24)/b15-12-,18-11+,19-14+. The van der Waals surface area contributed by atoms with Crippen molar-refractivity contribution >= 4 is 5.97 Å². The number of hydrogen-bond acceptors (Lipinski definition) is 1. The second kappa shape index (κ2) is 7.38. The van der Waals surface area contributed by atoms with Gasteiger partial charge in [-0.2, -0.15) is 0 Å². The maximum absolute atomic E-state index is 10.7. The first-order valence-corrected chi connectivity index (χ1v) is 8.90. The van der Waals surface area contributed by atoms with Crippen LogP contribution in [-0.2, 0) is 4.79 Å². The fraction of sp³-hybridized carbons (Fsp3) is 0.500. The van der Waals surface area contributed by atoms with Crippen LogP contribution in [0.1, 0.15) is 66.7 Å². The Balaban J connectivity index is 2.29. The van der Waals surface area contributed by atoms with Crippen LogP contribution in [0.4, 0.5) is 0 Å². The van der Waals surface area contributed by atoms with E-state index in [9.17, 15) is 4.79 Å². The maximum atomic E-state index is 10.7. The fourth-order valence-corrected chi connectivity index (χ4v) is 3.88. The third kappa shape index (κ3) is 4.59. The van der Waals surface area contributed by atoms with Crippen molar-refractivity contribution in [3.63, 3.8) is 0 Å². The molecule has 0 fully saturated rings. The minimum atomic E-state index is -0.886. The van der Waals surface area contributed by atoms with Crippen molar-refractivity contribution in [2.75, 3.05) is 0 Å². The average molecular weight is 326 g/mol. The summed E-state index contributed by atoms with van der Waals surface area (Å²) in [5.74, 6) is -0.886. The van der Waals surface area contributed by atoms with Crippen molar-refractivity contribution in [3.8, 4) is 0 Å². The highest BCUT2D eigenvalue weighted by atomic mass is 16.4. The number of hydrogen-bond donors (Lipinski definition) is 1. The highest BCUT2D eigenvalue weighted by Crippen LogP contribution is 2.42. The quantitative estimate of drug-likeness (QED) is 0.633. The molecular formula is C22H30O2. The molecule has 2 aliphatic carbocycles. The van der Waals surface area contributed by atoms with Crippen molar-refractivity contribution < 1.29 is 9.90 Å². The van der Waals surface area contributed by atoms with Gasteiger partial charge in [-0.1, -0.05) is 37.6 Å². The molecule has 0 radical (unpaired) electrons. The van der Waals surface area contributed by atoms with Gasteiger partial charge in [0.25, 0.3) is 0 Å². The molecule has 0 heterocycles. The van der Waals surface area contributed by atoms with Gasteiger partial charge in [0.1, 0.15) is 0 Å². The van der Waals surface area contributed by atoms with Crippen molar-refractivity contribution in [1.82, 2.24) is 0 Å². The molecule has 0 spiro atoms. The Labute approximate surface area is 146 Å². The van der Waals surface area contributed by atoms with E-state index in [1.165, 1.54) is 53.2 Å². The summed E-state index contributed by atoms with van der Waals surface area (Å²) in [4.78, 5) is 10.7. The van der Waals surface area contributed by atoms with Crippen LogP contribution in [0, 0.1) is 5.41 Å². The molecule has 0 aromatic carbocycles. The summed E-state index contributed by atoms with van der Waals surface area (Å²) in [6.07, 6.45) is 13.7. The van der Waals surface area contributed by atoms with E-state index in [0.717, 1.165) is 18.4 Å². The van der Waals surface area contributed by atoms with E-state index in [-0.39, 0.29) is 5.41 Å². The van der Waals surface area contributed by atoms with Crippen LogP contribution in [-0.4, -0.2) is 11.1 Å². The molecule has 130 valence electrons. The number of carbonyl (C=O) groups is 1. The number of aliphatic carboxylic acids is 1. The zero-order valence-corrected chi connectivity index (χ0v) is 15.7. The van der Waals surface area contributed by atoms with E-state index in [1.54, 1.807) is 0 Å². The van der Waals surface area contributed by atoms with E-state index in [4.69, 9.17) is 5.11 Å². The zero-order chi connectivity index (χ0) is 17.9. The van der Waals surface area contributed by atoms with Crippen LogP contribution in [0.25, 0.3) is 0 Å². The molecule has 0 saturated carbocycles. The SMILES string of the molecule is CC1=CC(=C/C(C)=C\C(=O)O)/CC/C1=C\C1=C(C)CCCC1(C)C. The smallest absolute Gasteiger partial charge is 0.328 e. The Hall–Kier alpha value is -1.83. The average Bonchev–Trinajstić information content (AvgIpc) is 2.43. The summed E-state index contributed by atoms with van der Waals surface area (Å²) < 4.78 is 0. The van der Waals surface area contributed by atoms with E-state index >= 15 is 0 Å². The van der Waals surface area contributed by atoms with Gasteiger partial charge in [0.05, 0.1) is 0 Å². The van der Waals surface area contributed by atoms with Crippen LogP contribution in [0.15, 0.2) is 57.7 Å². The summed E-state index contributed by atoms with van der Waals surface area (Å²) in [5, 5.41) is 8.83. The number of carboxylic acids is 1. The lowest BCUT2D eigenvalue weighted by Crippen LogP contribution is -2.19. The monoisotopic (exact) mass is 326 g/mol. The third-order valence-electron chi connectivity index (χ3n) is 5.22. The van der Waals surface area contributed by atoms with Crippen molar-refractivity contribution in [2.24, 2.45) is 5.41 Å². The molecule has 2 rings (SSSR count). The maximum Gasteiger partial charge on any atom is 0.328 e.